The Morgan fingerprint density at radius 3 is 1.03 bits per heavy atom. The van der Waals surface area contributed by atoms with E-state index in [4.69, 9.17) is 4.42 Å². The van der Waals surface area contributed by atoms with Gasteiger partial charge in [0.2, 0.25) is 0 Å². The van der Waals surface area contributed by atoms with E-state index in [0.717, 1.165) is 66.8 Å². The Bertz CT molecular complexity index is 4180. The van der Waals surface area contributed by atoms with Gasteiger partial charge in [0.25, 0.3) is 0 Å². The first-order valence-electron chi connectivity index (χ1n) is 22.3. The number of hydrogen-bond donors (Lipinski definition) is 0. The molecule has 0 bridgehead atoms. The lowest BCUT2D eigenvalue weighted by Gasteiger charge is -2.10. The van der Waals surface area contributed by atoms with Gasteiger partial charge in [-0.25, -0.2) is 0 Å². The van der Waals surface area contributed by atoms with Crippen LogP contribution in [0.3, 0.4) is 0 Å². The number of hydrogen-bond acceptors (Lipinski definition) is 1. The number of fused-ring (bicyclic) bond motifs is 17. The van der Waals surface area contributed by atoms with Crippen LogP contribution in [0.15, 0.2) is 223 Å². The van der Waals surface area contributed by atoms with Gasteiger partial charge < -0.3 is 22.7 Å². The van der Waals surface area contributed by atoms with E-state index in [1.54, 1.807) is 0 Å². The van der Waals surface area contributed by atoms with E-state index in [-0.39, 0.29) is 0 Å². The van der Waals surface area contributed by atoms with E-state index in [1.807, 2.05) is 0 Å². The number of aromatic nitrogens is 4. The average molecular weight is 829 g/mol. The summed E-state index contributed by atoms with van der Waals surface area (Å²) in [5.74, 6) is 0. The van der Waals surface area contributed by atoms with Crippen molar-refractivity contribution in [1.29, 1.82) is 0 Å². The molecule has 0 saturated heterocycles. The van der Waals surface area contributed by atoms with Crippen molar-refractivity contribution in [3.8, 4) is 22.7 Å². The molecule has 65 heavy (non-hydrogen) atoms. The second-order valence-electron chi connectivity index (χ2n) is 17.3. The van der Waals surface area contributed by atoms with Gasteiger partial charge in [0.15, 0.2) is 0 Å². The Kier molecular flexibility index (Phi) is 6.89. The number of para-hydroxylation sites is 6. The molecule has 0 N–H and O–H groups in total. The van der Waals surface area contributed by atoms with Crippen molar-refractivity contribution in [2.75, 3.05) is 0 Å². The molecule has 0 radical (unpaired) electrons. The average Bonchev–Trinajstić information content (AvgIpc) is 4.16. The van der Waals surface area contributed by atoms with Crippen molar-refractivity contribution in [3.05, 3.63) is 218 Å². The van der Waals surface area contributed by atoms with Gasteiger partial charge in [0.1, 0.15) is 11.2 Å². The van der Waals surface area contributed by atoms with Crippen molar-refractivity contribution >= 4 is 109 Å². The number of rotatable bonds is 4. The Morgan fingerprint density at radius 1 is 0.231 bits per heavy atom. The van der Waals surface area contributed by atoms with Gasteiger partial charge >= 0.3 is 0 Å². The summed E-state index contributed by atoms with van der Waals surface area (Å²) >= 11 is 0. The molecule has 0 unspecified atom stereocenters. The summed E-state index contributed by atoms with van der Waals surface area (Å²) in [6.07, 6.45) is 0. The molecular weight excluding hydrogens is 793 g/mol. The summed E-state index contributed by atoms with van der Waals surface area (Å²) in [5.41, 5.74) is 15.7. The minimum absolute atomic E-state index is 0.865. The van der Waals surface area contributed by atoms with Gasteiger partial charge in [0, 0.05) is 76.6 Å². The molecule has 5 heterocycles. The maximum absolute atomic E-state index is 6.63. The molecule has 15 aromatic rings. The summed E-state index contributed by atoms with van der Waals surface area (Å²) in [6.45, 7) is 0. The van der Waals surface area contributed by atoms with Crippen LogP contribution in [0, 0.1) is 0 Å². The highest BCUT2D eigenvalue weighted by molar-refractivity contribution is 6.28. The minimum atomic E-state index is 0.865. The molecule has 0 aliphatic carbocycles. The molecular formula is C60H36N4O. The van der Waals surface area contributed by atoms with Crippen LogP contribution in [0.25, 0.3) is 132 Å². The lowest BCUT2D eigenvalue weighted by atomic mass is 10.1. The van der Waals surface area contributed by atoms with Gasteiger partial charge in [-0.1, -0.05) is 121 Å². The second-order valence-corrected chi connectivity index (χ2v) is 17.3. The topological polar surface area (TPSA) is 32.9 Å². The zero-order valence-electron chi connectivity index (χ0n) is 35.0. The fourth-order valence-corrected chi connectivity index (χ4v) is 11.3. The molecule has 0 atom stereocenters. The van der Waals surface area contributed by atoms with E-state index in [9.17, 15) is 0 Å². The van der Waals surface area contributed by atoms with Crippen LogP contribution >= 0.6 is 0 Å². The van der Waals surface area contributed by atoms with Crippen molar-refractivity contribution in [2.24, 2.45) is 0 Å². The fourth-order valence-electron chi connectivity index (χ4n) is 11.3. The highest BCUT2D eigenvalue weighted by atomic mass is 16.3. The molecule has 5 aromatic heterocycles. The molecule has 5 nitrogen and oxygen atoms in total. The lowest BCUT2D eigenvalue weighted by Crippen LogP contribution is -1.95. The molecule has 0 aliphatic rings. The second kappa shape index (κ2) is 12.9. The predicted octanol–water partition coefficient (Wildman–Crippen LogP) is 16.0. The highest BCUT2D eigenvalue weighted by Gasteiger charge is 2.23. The molecule has 15 rings (SSSR count). The van der Waals surface area contributed by atoms with Crippen molar-refractivity contribution < 1.29 is 4.42 Å². The molecule has 10 aromatic carbocycles. The van der Waals surface area contributed by atoms with Gasteiger partial charge in [-0.2, -0.15) is 0 Å². The Labute approximate surface area is 371 Å². The maximum Gasteiger partial charge on any atom is 0.135 e. The number of benzene rings is 10. The van der Waals surface area contributed by atoms with Crippen LogP contribution in [0.4, 0.5) is 0 Å². The van der Waals surface area contributed by atoms with E-state index in [1.165, 1.54) is 65.2 Å². The quantitative estimate of drug-likeness (QED) is 0.174. The third-order valence-corrected chi connectivity index (χ3v) is 13.9. The van der Waals surface area contributed by atoms with Crippen LogP contribution in [0.5, 0.6) is 0 Å². The summed E-state index contributed by atoms with van der Waals surface area (Å²) in [4.78, 5) is 0. The molecule has 302 valence electrons. The molecule has 0 aliphatic heterocycles. The van der Waals surface area contributed by atoms with Crippen LogP contribution < -0.4 is 0 Å². The number of nitrogens with zero attached hydrogens (tertiary/aromatic N) is 4. The van der Waals surface area contributed by atoms with Gasteiger partial charge in [-0.15, -0.1) is 0 Å². The summed E-state index contributed by atoms with van der Waals surface area (Å²) < 4.78 is 16.4. The van der Waals surface area contributed by atoms with Crippen LogP contribution in [0.1, 0.15) is 0 Å². The standard InChI is InChI=1S/C60H36N4O/c1-3-15-37(16-4-1)63-49-23-11-7-19-41(49)43-29-31-53-57(59(43)63)45-21-9-13-25-51(45)61(53)39-27-33-55-47(35-39)48-36-40(28-34-56(48)65-55)62-52-26-14-10-22-46(52)58-54(62)32-30-44-42-20-8-12-24-50(42)64(60(44)58)38-17-5-2-6-18-38/h1-36H. The smallest absolute Gasteiger partial charge is 0.135 e. The third kappa shape index (κ3) is 4.65. The molecule has 0 saturated carbocycles. The van der Waals surface area contributed by atoms with Crippen molar-refractivity contribution in [3.63, 3.8) is 0 Å². The third-order valence-electron chi connectivity index (χ3n) is 13.9. The van der Waals surface area contributed by atoms with E-state index >= 15 is 0 Å². The zero-order chi connectivity index (χ0) is 42.3. The normalized spacial score (nSPS) is 12.3. The Balaban J connectivity index is 0.979. The Hall–Kier alpha value is -8.80. The Morgan fingerprint density at radius 2 is 0.600 bits per heavy atom. The minimum Gasteiger partial charge on any atom is -0.456 e. The SMILES string of the molecule is c1ccc(-n2c3ccccc3c3ccc4c(c5ccccc5n4-c4ccc5oc6ccc(-n7c8ccccc8c8c7ccc7c9ccccc9n(-c9ccccc9)c78)cc6c5c4)c32)cc1. The first-order chi connectivity index (χ1) is 32.3. The van der Waals surface area contributed by atoms with Crippen LogP contribution in [-0.4, -0.2) is 18.3 Å². The summed E-state index contributed by atoms with van der Waals surface area (Å²) in [7, 11) is 0. The number of furan rings is 1. The van der Waals surface area contributed by atoms with Gasteiger partial charge in [-0.3, -0.25) is 0 Å². The fraction of sp³-hybridized carbons (Fsp3) is 0. The van der Waals surface area contributed by atoms with Gasteiger partial charge in [-0.05, 0) is 97.1 Å². The predicted molar refractivity (Wildman–Crippen MR) is 271 cm³/mol. The largest absolute Gasteiger partial charge is 0.456 e. The lowest BCUT2D eigenvalue weighted by molar-refractivity contribution is 0.669. The van der Waals surface area contributed by atoms with E-state index < -0.39 is 0 Å². The molecule has 5 heteroatoms. The molecule has 0 spiro atoms. The summed E-state index contributed by atoms with van der Waals surface area (Å²) in [6, 6.07) is 79.3. The first-order valence-corrected chi connectivity index (χ1v) is 22.3. The maximum atomic E-state index is 6.63. The first kappa shape index (κ1) is 34.7. The molecule has 0 fully saturated rings. The van der Waals surface area contributed by atoms with Crippen molar-refractivity contribution in [1.82, 2.24) is 18.3 Å². The monoisotopic (exact) mass is 828 g/mol. The summed E-state index contributed by atoms with van der Waals surface area (Å²) in [5, 5.41) is 12.1. The van der Waals surface area contributed by atoms with E-state index in [0.29, 0.717) is 0 Å². The zero-order valence-corrected chi connectivity index (χ0v) is 35.0. The highest BCUT2D eigenvalue weighted by Crippen LogP contribution is 2.45. The van der Waals surface area contributed by atoms with Gasteiger partial charge in [0.05, 0.1) is 44.1 Å². The van der Waals surface area contributed by atoms with Crippen LogP contribution in [-0.2, 0) is 0 Å². The van der Waals surface area contributed by atoms with E-state index in [2.05, 4.69) is 237 Å². The van der Waals surface area contributed by atoms with Crippen LogP contribution in [0.2, 0.25) is 0 Å². The van der Waals surface area contributed by atoms with Crippen molar-refractivity contribution in [2.45, 2.75) is 0 Å². The molecule has 0 amide bonds.